The summed E-state index contributed by atoms with van der Waals surface area (Å²) >= 11 is 0. The zero-order chi connectivity index (χ0) is 13.7. The maximum absolute atomic E-state index is 10.1. The van der Waals surface area contributed by atoms with Gasteiger partial charge in [-0.3, -0.25) is 4.79 Å². The molecule has 0 aromatic carbocycles. The van der Waals surface area contributed by atoms with Crippen LogP contribution in [0.4, 0.5) is 0 Å². The molecular weight excluding hydrogens is 240 g/mol. The highest BCUT2D eigenvalue weighted by molar-refractivity contribution is 5.95. The summed E-state index contributed by atoms with van der Waals surface area (Å²) in [5.74, 6) is 0.0346. The average molecular weight is 258 g/mol. The molecular formula is C10H18N4O4. The Labute approximate surface area is 105 Å². The van der Waals surface area contributed by atoms with Crippen LogP contribution in [-0.2, 0) is 9.53 Å². The normalized spacial score (nSPS) is 33.0. The topological polar surface area (TPSA) is 134 Å². The summed E-state index contributed by atoms with van der Waals surface area (Å²) in [6.07, 6.45) is 1.00. The first-order chi connectivity index (χ1) is 8.51. The number of hydrogen-bond donors (Lipinski definition) is 4. The van der Waals surface area contributed by atoms with E-state index in [2.05, 4.69) is 4.99 Å². The van der Waals surface area contributed by atoms with Crippen molar-refractivity contribution in [3.63, 3.8) is 0 Å². The van der Waals surface area contributed by atoms with E-state index in [1.807, 2.05) is 0 Å². The molecule has 1 saturated heterocycles. The van der Waals surface area contributed by atoms with Gasteiger partial charge in [0.2, 0.25) is 6.41 Å². The number of aliphatic hydroxyl groups excluding tert-OH is 2. The van der Waals surface area contributed by atoms with E-state index in [1.165, 1.54) is 17.2 Å². The van der Waals surface area contributed by atoms with Crippen LogP contribution in [0.1, 0.15) is 0 Å². The van der Waals surface area contributed by atoms with Crippen molar-refractivity contribution in [2.75, 3.05) is 13.7 Å². The quantitative estimate of drug-likeness (QED) is 0.240. The average Bonchev–Trinajstić information content (AvgIpc) is 2.63. The molecule has 0 aliphatic carbocycles. The second-order valence-corrected chi connectivity index (χ2v) is 3.96. The summed E-state index contributed by atoms with van der Waals surface area (Å²) in [7, 11) is 1.64. The van der Waals surface area contributed by atoms with Crippen molar-refractivity contribution < 1.29 is 19.7 Å². The van der Waals surface area contributed by atoms with E-state index in [9.17, 15) is 9.90 Å². The highest BCUT2D eigenvalue weighted by atomic mass is 16.5. The molecule has 1 rings (SSSR count). The van der Waals surface area contributed by atoms with Gasteiger partial charge in [0.15, 0.2) is 6.23 Å². The zero-order valence-electron chi connectivity index (χ0n) is 10.0. The van der Waals surface area contributed by atoms with Crippen LogP contribution in [-0.4, -0.2) is 65.5 Å². The van der Waals surface area contributed by atoms with E-state index >= 15 is 0 Å². The lowest BCUT2D eigenvalue weighted by Crippen LogP contribution is -2.44. The molecule has 4 atom stereocenters. The maximum Gasteiger partial charge on any atom is 0.234 e. The molecule has 18 heavy (non-hydrogen) atoms. The first-order valence-electron chi connectivity index (χ1n) is 5.38. The van der Waals surface area contributed by atoms with Crippen LogP contribution in [0.15, 0.2) is 17.3 Å². The van der Waals surface area contributed by atoms with Gasteiger partial charge in [-0.15, -0.1) is 0 Å². The standard InChI is InChI=1S/C10H18N4O4/c1-14(3-2-7(11)13-5-16)10-9(17)8(12)6(4-15)18-10/h2-3,5-6,8-10,15,17H,4,12H2,1H3,(H2,11,13,16)/b3-2-. The van der Waals surface area contributed by atoms with Crippen LogP contribution in [0, 0.1) is 0 Å². The first-order valence-corrected chi connectivity index (χ1v) is 5.38. The fourth-order valence-electron chi connectivity index (χ4n) is 1.64. The predicted octanol–water partition coefficient (Wildman–Crippen LogP) is -2.65. The Morgan fingerprint density at radius 1 is 1.61 bits per heavy atom. The summed E-state index contributed by atoms with van der Waals surface area (Å²) in [6.45, 7) is -0.263. The van der Waals surface area contributed by atoms with Gasteiger partial charge in [-0.2, -0.15) is 4.99 Å². The molecule has 0 saturated carbocycles. The van der Waals surface area contributed by atoms with Crippen molar-refractivity contribution in [1.29, 1.82) is 0 Å². The smallest absolute Gasteiger partial charge is 0.234 e. The van der Waals surface area contributed by atoms with Gasteiger partial charge in [-0.1, -0.05) is 0 Å². The number of rotatable bonds is 5. The molecule has 8 heteroatoms. The molecule has 6 N–H and O–H groups in total. The molecule has 1 aliphatic heterocycles. The summed E-state index contributed by atoms with van der Waals surface area (Å²) in [6, 6.07) is -0.656. The number of aliphatic imine (C=N–C) groups is 1. The lowest BCUT2D eigenvalue weighted by atomic mass is 10.1. The van der Waals surface area contributed by atoms with Crippen LogP contribution in [0.25, 0.3) is 0 Å². The van der Waals surface area contributed by atoms with E-state index in [0.29, 0.717) is 6.41 Å². The SMILES string of the molecule is CN(/C=C\C(N)=NC=O)C1OC(CO)C(N)C1O. The molecule has 0 bridgehead atoms. The minimum Gasteiger partial charge on any atom is -0.394 e. The minimum absolute atomic E-state index is 0.0346. The van der Waals surface area contributed by atoms with Crippen LogP contribution in [0.2, 0.25) is 0 Å². The van der Waals surface area contributed by atoms with Crippen LogP contribution in [0.3, 0.4) is 0 Å². The fraction of sp³-hybridized carbons (Fsp3) is 0.600. The molecule has 0 aromatic rings. The predicted molar refractivity (Wildman–Crippen MR) is 64.3 cm³/mol. The van der Waals surface area contributed by atoms with Crippen molar-refractivity contribution in [2.45, 2.75) is 24.5 Å². The molecule has 1 aliphatic rings. The highest BCUT2D eigenvalue weighted by Gasteiger charge is 2.42. The summed E-state index contributed by atoms with van der Waals surface area (Å²) in [5, 5.41) is 18.9. The Morgan fingerprint density at radius 3 is 2.78 bits per heavy atom. The van der Waals surface area contributed by atoms with E-state index in [0.717, 1.165) is 0 Å². The van der Waals surface area contributed by atoms with Gasteiger partial charge in [0.05, 0.1) is 12.6 Å². The summed E-state index contributed by atoms with van der Waals surface area (Å²) < 4.78 is 5.39. The molecule has 1 heterocycles. The third-order valence-electron chi connectivity index (χ3n) is 2.69. The van der Waals surface area contributed by atoms with E-state index in [-0.39, 0.29) is 12.4 Å². The number of ether oxygens (including phenoxy) is 1. The van der Waals surface area contributed by atoms with Gasteiger partial charge < -0.3 is 31.3 Å². The number of nitrogens with zero attached hydrogens (tertiary/aromatic N) is 2. The van der Waals surface area contributed by atoms with Crippen molar-refractivity contribution >= 4 is 12.2 Å². The third-order valence-corrected chi connectivity index (χ3v) is 2.69. The second-order valence-electron chi connectivity index (χ2n) is 3.96. The van der Waals surface area contributed by atoms with Gasteiger partial charge >= 0.3 is 0 Å². The largest absolute Gasteiger partial charge is 0.394 e. The zero-order valence-corrected chi connectivity index (χ0v) is 10.0. The summed E-state index contributed by atoms with van der Waals surface area (Å²) in [4.78, 5) is 14.9. The number of likely N-dealkylation sites (N-methyl/N-ethyl adjacent to an activating group) is 1. The summed E-state index contributed by atoms with van der Waals surface area (Å²) in [5.41, 5.74) is 11.1. The Morgan fingerprint density at radius 2 is 2.28 bits per heavy atom. The van der Waals surface area contributed by atoms with E-state index in [1.54, 1.807) is 7.05 Å². The number of hydrogen-bond acceptors (Lipinski definition) is 6. The first kappa shape index (κ1) is 14.6. The highest BCUT2D eigenvalue weighted by Crippen LogP contribution is 2.21. The molecule has 8 nitrogen and oxygen atoms in total. The van der Waals surface area contributed by atoms with Crippen molar-refractivity contribution in [3.05, 3.63) is 12.3 Å². The molecule has 1 fully saturated rings. The minimum atomic E-state index is -0.930. The van der Waals surface area contributed by atoms with Crippen molar-refractivity contribution in [3.8, 4) is 0 Å². The molecule has 4 unspecified atom stereocenters. The Hall–Kier alpha value is -1.48. The van der Waals surface area contributed by atoms with Crippen LogP contribution < -0.4 is 11.5 Å². The molecule has 1 amide bonds. The lowest BCUT2D eigenvalue weighted by Gasteiger charge is -2.25. The van der Waals surface area contributed by atoms with Crippen molar-refractivity contribution in [2.24, 2.45) is 16.5 Å². The molecule has 102 valence electrons. The van der Waals surface area contributed by atoms with Crippen LogP contribution >= 0.6 is 0 Å². The number of amidine groups is 1. The Balaban J connectivity index is 2.65. The number of nitrogens with two attached hydrogens (primary N) is 2. The van der Waals surface area contributed by atoms with Gasteiger partial charge in [0.25, 0.3) is 0 Å². The van der Waals surface area contributed by atoms with Gasteiger partial charge in [0, 0.05) is 13.2 Å². The second kappa shape index (κ2) is 6.45. The molecule has 0 aromatic heterocycles. The Bertz CT molecular complexity index is 347. The van der Waals surface area contributed by atoms with Gasteiger partial charge in [-0.25, -0.2) is 0 Å². The molecule has 0 spiro atoms. The Kier molecular flexibility index (Phi) is 5.23. The number of aliphatic hydroxyl groups is 2. The van der Waals surface area contributed by atoms with Crippen LogP contribution in [0.5, 0.6) is 0 Å². The lowest BCUT2D eigenvalue weighted by molar-refractivity contribution is -0.106. The number of carbonyl (C=O) groups excluding carboxylic acids is 1. The van der Waals surface area contributed by atoms with Gasteiger partial charge in [0.1, 0.15) is 18.0 Å². The monoisotopic (exact) mass is 258 g/mol. The van der Waals surface area contributed by atoms with E-state index in [4.69, 9.17) is 21.3 Å². The van der Waals surface area contributed by atoms with Gasteiger partial charge in [-0.05, 0) is 6.08 Å². The van der Waals surface area contributed by atoms with Crippen molar-refractivity contribution in [1.82, 2.24) is 4.90 Å². The van der Waals surface area contributed by atoms with E-state index < -0.39 is 24.5 Å². The number of amides is 1. The fourth-order valence-corrected chi connectivity index (χ4v) is 1.64. The third kappa shape index (κ3) is 3.26. The maximum atomic E-state index is 10.1. The molecule has 0 radical (unpaired) electrons. The number of carbonyl (C=O) groups is 1.